The van der Waals surface area contributed by atoms with Gasteiger partial charge in [-0.05, 0) is 39.3 Å². The Balaban J connectivity index is 1.57. The maximum atomic E-state index is 12.3. The summed E-state index contributed by atoms with van der Waals surface area (Å²) in [6.45, 7) is 1.90. The van der Waals surface area contributed by atoms with Crippen molar-refractivity contribution in [3.05, 3.63) is 5.82 Å². The number of carbonyl (C=O) groups excluding carboxylic acids is 1. The van der Waals surface area contributed by atoms with Crippen LogP contribution in [0.5, 0.6) is 0 Å². The van der Waals surface area contributed by atoms with Crippen molar-refractivity contribution >= 4 is 11.9 Å². The molecular weight excluding hydrogens is 266 g/mol. The van der Waals surface area contributed by atoms with Crippen LogP contribution in [0.25, 0.3) is 0 Å². The Labute approximate surface area is 125 Å². The van der Waals surface area contributed by atoms with Crippen LogP contribution in [0.2, 0.25) is 0 Å². The van der Waals surface area contributed by atoms with Gasteiger partial charge in [-0.3, -0.25) is 15.2 Å². The van der Waals surface area contributed by atoms with E-state index in [2.05, 4.69) is 32.4 Å². The molecule has 116 valence electrons. The first-order valence-corrected chi connectivity index (χ1v) is 8.14. The minimum absolute atomic E-state index is 0.0516. The van der Waals surface area contributed by atoms with Crippen molar-refractivity contribution in [2.75, 3.05) is 25.5 Å². The molecule has 2 aliphatic rings. The molecule has 1 amide bonds. The number of hydrogen-bond donors (Lipinski definition) is 2. The molecule has 1 atom stereocenters. The normalized spacial score (nSPS) is 24.9. The predicted molar refractivity (Wildman–Crippen MR) is 81.1 cm³/mol. The zero-order chi connectivity index (χ0) is 14.7. The van der Waals surface area contributed by atoms with Crippen molar-refractivity contribution in [3.8, 4) is 0 Å². The standard InChI is InChI=1S/C15H25N5O/c1-20-9-5-8-12(10-20)14(21)17-15-16-13(18-19-15)11-6-3-2-4-7-11/h11-12H,2-10H2,1H3,(H2,16,17,18,19,21). The van der Waals surface area contributed by atoms with Crippen LogP contribution in [0.3, 0.4) is 0 Å². The molecule has 2 fully saturated rings. The van der Waals surface area contributed by atoms with Crippen molar-refractivity contribution < 1.29 is 4.79 Å². The Bertz CT molecular complexity index is 480. The molecule has 1 unspecified atom stereocenters. The van der Waals surface area contributed by atoms with Gasteiger partial charge in [-0.25, -0.2) is 0 Å². The number of aromatic nitrogens is 3. The molecule has 1 saturated carbocycles. The van der Waals surface area contributed by atoms with Gasteiger partial charge in [0.25, 0.3) is 0 Å². The molecule has 0 spiro atoms. The van der Waals surface area contributed by atoms with Crippen LogP contribution < -0.4 is 5.32 Å². The summed E-state index contributed by atoms with van der Waals surface area (Å²) in [5.41, 5.74) is 0. The van der Waals surface area contributed by atoms with Crippen molar-refractivity contribution in [3.63, 3.8) is 0 Å². The second-order valence-corrected chi connectivity index (χ2v) is 6.47. The molecule has 1 aromatic heterocycles. The van der Waals surface area contributed by atoms with Gasteiger partial charge in [0.2, 0.25) is 11.9 Å². The number of rotatable bonds is 3. The van der Waals surface area contributed by atoms with Gasteiger partial charge in [-0.15, -0.1) is 5.10 Å². The van der Waals surface area contributed by atoms with Crippen molar-refractivity contribution in [2.45, 2.75) is 50.9 Å². The monoisotopic (exact) mass is 291 g/mol. The van der Waals surface area contributed by atoms with Gasteiger partial charge in [0.15, 0.2) is 0 Å². The van der Waals surface area contributed by atoms with E-state index in [1.54, 1.807) is 0 Å². The Morgan fingerprint density at radius 3 is 2.81 bits per heavy atom. The molecule has 1 aliphatic carbocycles. The molecule has 2 heterocycles. The lowest BCUT2D eigenvalue weighted by Crippen LogP contribution is -2.38. The molecule has 6 heteroatoms. The third kappa shape index (κ3) is 3.61. The van der Waals surface area contributed by atoms with E-state index < -0.39 is 0 Å². The van der Waals surface area contributed by atoms with Crippen LogP contribution in [-0.4, -0.2) is 46.1 Å². The highest BCUT2D eigenvalue weighted by Gasteiger charge is 2.25. The number of H-pyrrole nitrogens is 1. The van der Waals surface area contributed by atoms with Crippen molar-refractivity contribution in [1.29, 1.82) is 0 Å². The summed E-state index contributed by atoms with van der Waals surface area (Å²) >= 11 is 0. The van der Waals surface area contributed by atoms with Crippen LogP contribution in [0.15, 0.2) is 0 Å². The largest absolute Gasteiger partial charge is 0.306 e. The van der Waals surface area contributed by atoms with Crippen LogP contribution in [-0.2, 0) is 4.79 Å². The van der Waals surface area contributed by atoms with E-state index in [0.29, 0.717) is 11.9 Å². The minimum atomic E-state index is 0.0516. The highest BCUT2D eigenvalue weighted by Crippen LogP contribution is 2.30. The first-order valence-electron chi connectivity index (χ1n) is 8.14. The number of likely N-dealkylation sites (tertiary alicyclic amines) is 1. The summed E-state index contributed by atoms with van der Waals surface area (Å²) in [7, 11) is 2.06. The number of amides is 1. The van der Waals surface area contributed by atoms with E-state index >= 15 is 0 Å². The summed E-state index contributed by atoms with van der Waals surface area (Å²) in [6.07, 6.45) is 8.24. The number of nitrogens with zero attached hydrogens (tertiary/aromatic N) is 3. The van der Waals surface area contributed by atoms with Crippen molar-refractivity contribution in [1.82, 2.24) is 20.1 Å². The molecule has 0 bridgehead atoms. The van der Waals surface area contributed by atoms with E-state index in [9.17, 15) is 4.79 Å². The molecular formula is C15H25N5O. The van der Waals surface area contributed by atoms with Gasteiger partial charge in [0.05, 0.1) is 5.92 Å². The first-order chi connectivity index (χ1) is 10.2. The molecule has 1 aliphatic heterocycles. The van der Waals surface area contributed by atoms with Crippen LogP contribution >= 0.6 is 0 Å². The average molecular weight is 291 g/mol. The Kier molecular flexibility index (Phi) is 4.53. The molecule has 6 nitrogen and oxygen atoms in total. The van der Waals surface area contributed by atoms with Gasteiger partial charge in [-0.2, -0.15) is 4.98 Å². The number of nitrogens with one attached hydrogen (secondary N) is 2. The summed E-state index contributed by atoms with van der Waals surface area (Å²) in [4.78, 5) is 18.9. The first kappa shape index (κ1) is 14.5. The molecule has 1 saturated heterocycles. The molecule has 0 radical (unpaired) electrons. The number of piperidine rings is 1. The topological polar surface area (TPSA) is 73.9 Å². The second kappa shape index (κ2) is 6.56. The third-order valence-electron chi connectivity index (χ3n) is 4.72. The van der Waals surface area contributed by atoms with Gasteiger partial charge in [0, 0.05) is 12.5 Å². The summed E-state index contributed by atoms with van der Waals surface area (Å²) in [5, 5.41) is 10.0. The summed E-state index contributed by atoms with van der Waals surface area (Å²) in [5.74, 6) is 1.97. The smallest absolute Gasteiger partial charge is 0.248 e. The van der Waals surface area contributed by atoms with E-state index in [-0.39, 0.29) is 11.8 Å². The third-order valence-corrected chi connectivity index (χ3v) is 4.72. The zero-order valence-corrected chi connectivity index (χ0v) is 12.8. The van der Waals surface area contributed by atoms with E-state index in [1.165, 1.54) is 32.1 Å². The highest BCUT2D eigenvalue weighted by molar-refractivity contribution is 5.91. The second-order valence-electron chi connectivity index (χ2n) is 6.47. The van der Waals surface area contributed by atoms with Gasteiger partial charge < -0.3 is 4.90 Å². The van der Waals surface area contributed by atoms with Crippen LogP contribution in [0.1, 0.15) is 56.7 Å². The lowest BCUT2D eigenvalue weighted by molar-refractivity contribution is -0.121. The van der Waals surface area contributed by atoms with Crippen LogP contribution in [0.4, 0.5) is 5.95 Å². The molecule has 3 rings (SSSR count). The maximum Gasteiger partial charge on any atom is 0.248 e. The Morgan fingerprint density at radius 1 is 1.24 bits per heavy atom. The number of hydrogen-bond acceptors (Lipinski definition) is 4. The van der Waals surface area contributed by atoms with Crippen molar-refractivity contribution in [2.24, 2.45) is 5.92 Å². The molecule has 21 heavy (non-hydrogen) atoms. The fourth-order valence-electron chi connectivity index (χ4n) is 3.48. The van der Waals surface area contributed by atoms with Crippen LogP contribution in [0, 0.1) is 5.92 Å². The van der Waals surface area contributed by atoms with Gasteiger partial charge >= 0.3 is 0 Å². The van der Waals surface area contributed by atoms with E-state index in [0.717, 1.165) is 31.8 Å². The number of carbonyl (C=O) groups is 1. The average Bonchev–Trinajstić information content (AvgIpc) is 2.97. The Hall–Kier alpha value is -1.43. The fourth-order valence-corrected chi connectivity index (χ4v) is 3.48. The zero-order valence-electron chi connectivity index (χ0n) is 12.8. The summed E-state index contributed by atoms with van der Waals surface area (Å²) in [6, 6.07) is 0. The Morgan fingerprint density at radius 2 is 2.05 bits per heavy atom. The molecule has 0 aromatic carbocycles. The van der Waals surface area contributed by atoms with E-state index in [4.69, 9.17) is 0 Å². The number of aromatic amines is 1. The SMILES string of the molecule is CN1CCCC(C(=O)Nc2n[nH]c(C3CCCCC3)n2)C1. The highest BCUT2D eigenvalue weighted by atomic mass is 16.2. The quantitative estimate of drug-likeness (QED) is 0.894. The molecule has 2 N–H and O–H groups in total. The van der Waals surface area contributed by atoms with E-state index in [1.807, 2.05) is 0 Å². The maximum absolute atomic E-state index is 12.3. The number of anilines is 1. The molecule has 1 aromatic rings. The van der Waals surface area contributed by atoms with Gasteiger partial charge in [-0.1, -0.05) is 19.3 Å². The fraction of sp³-hybridized carbons (Fsp3) is 0.800. The van der Waals surface area contributed by atoms with Gasteiger partial charge in [0.1, 0.15) is 5.82 Å². The summed E-state index contributed by atoms with van der Waals surface area (Å²) < 4.78 is 0. The lowest BCUT2D eigenvalue weighted by Gasteiger charge is -2.28. The lowest BCUT2D eigenvalue weighted by atomic mass is 9.89. The predicted octanol–water partition coefficient (Wildman–Crippen LogP) is 2.13. The minimum Gasteiger partial charge on any atom is -0.306 e.